The second-order valence-corrected chi connectivity index (χ2v) is 2.93. The number of carbonyl (C=O) groups excluding carboxylic acids is 1. The molecule has 0 aliphatic carbocycles. The van der Waals surface area contributed by atoms with Crippen LogP contribution in [0.2, 0.25) is 0 Å². The van der Waals surface area contributed by atoms with Crippen molar-refractivity contribution in [2.75, 3.05) is 26.3 Å². The smallest absolute Gasteiger partial charge is 0.293 e. The molecule has 4 heteroatoms. The molecule has 0 aromatic heterocycles. The number of aliphatic hydroxyl groups is 1. The highest BCUT2D eigenvalue weighted by atomic mass is 16.5. The Morgan fingerprint density at radius 1 is 1.54 bits per heavy atom. The van der Waals surface area contributed by atoms with Crippen LogP contribution in [0, 0.1) is 5.92 Å². The molecule has 78 valence electrons. The van der Waals surface area contributed by atoms with E-state index < -0.39 is 0 Å². The van der Waals surface area contributed by atoms with Gasteiger partial charge in [0.15, 0.2) is 0 Å². The lowest BCUT2D eigenvalue weighted by Crippen LogP contribution is -2.29. The number of ether oxygens (including phenoxy) is 1. The highest BCUT2D eigenvalue weighted by Gasteiger charge is 2.09. The van der Waals surface area contributed by atoms with Crippen molar-refractivity contribution in [3.8, 4) is 0 Å². The van der Waals surface area contributed by atoms with Gasteiger partial charge in [-0.1, -0.05) is 0 Å². The summed E-state index contributed by atoms with van der Waals surface area (Å²) in [5, 5.41) is 11.9. The molecular weight excluding hydrogens is 170 g/mol. The predicted octanol–water partition coefficient (Wildman–Crippen LogP) is 0.158. The maximum absolute atomic E-state index is 9.18. The van der Waals surface area contributed by atoms with E-state index >= 15 is 0 Å². The number of hydrogen-bond acceptors (Lipinski definition) is 4. The molecule has 0 saturated carbocycles. The van der Waals surface area contributed by atoms with Gasteiger partial charge in [-0.15, -0.1) is 0 Å². The molecule has 0 aromatic carbocycles. The molecule has 1 heterocycles. The molecule has 1 fully saturated rings. The van der Waals surface area contributed by atoms with Gasteiger partial charge in [0.05, 0.1) is 6.61 Å². The van der Waals surface area contributed by atoms with Gasteiger partial charge in [-0.05, 0) is 38.8 Å². The highest BCUT2D eigenvalue weighted by Crippen LogP contribution is 2.08. The van der Waals surface area contributed by atoms with Crippen molar-refractivity contribution >= 4 is 6.47 Å². The largest absolute Gasteiger partial charge is 0.468 e. The minimum atomic E-state index is 0.377. The van der Waals surface area contributed by atoms with Crippen LogP contribution in [0.1, 0.15) is 19.8 Å². The molecule has 0 bridgehead atoms. The zero-order valence-electron chi connectivity index (χ0n) is 8.16. The first-order chi connectivity index (χ1) is 6.35. The molecule has 13 heavy (non-hydrogen) atoms. The van der Waals surface area contributed by atoms with Crippen molar-refractivity contribution in [3.63, 3.8) is 0 Å². The Kier molecular flexibility index (Phi) is 9.03. The van der Waals surface area contributed by atoms with Crippen molar-refractivity contribution < 1.29 is 14.6 Å². The molecule has 0 radical (unpaired) electrons. The Morgan fingerprint density at radius 2 is 2.15 bits per heavy atom. The van der Waals surface area contributed by atoms with Crippen LogP contribution in [-0.4, -0.2) is 37.9 Å². The second-order valence-electron chi connectivity index (χ2n) is 2.93. The molecule has 0 amide bonds. The van der Waals surface area contributed by atoms with Crippen LogP contribution in [-0.2, 0) is 9.53 Å². The number of rotatable bonds is 3. The molecule has 1 aliphatic heterocycles. The van der Waals surface area contributed by atoms with Crippen LogP contribution in [0.25, 0.3) is 0 Å². The van der Waals surface area contributed by atoms with Crippen molar-refractivity contribution in [3.05, 3.63) is 0 Å². The highest BCUT2D eigenvalue weighted by molar-refractivity contribution is 5.36. The van der Waals surface area contributed by atoms with E-state index in [4.69, 9.17) is 5.11 Å². The number of aliphatic hydroxyl groups excluding tert-OH is 1. The minimum absolute atomic E-state index is 0.377. The van der Waals surface area contributed by atoms with E-state index in [1.54, 1.807) is 6.92 Å². The average Bonchev–Trinajstić information content (AvgIpc) is 2.21. The summed E-state index contributed by atoms with van der Waals surface area (Å²) in [5.74, 6) is 0.580. The summed E-state index contributed by atoms with van der Waals surface area (Å²) < 4.78 is 4.15. The summed E-state index contributed by atoms with van der Waals surface area (Å²) in [6.07, 6.45) is 2.30. The van der Waals surface area contributed by atoms with Crippen molar-refractivity contribution in [2.45, 2.75) is 19.8 Å². The molecule has 1 saturated heterocycles. The lowest BCUT2D eigenvalue weighted by Gasteiger charge is -2.19. The van der Waals surface area contributed by atoms with Gasteiger partial charge in [0.25, 0.3) is 6.47 Å². The molecule has 0 atom stereocenters. The maximum atomic E-state index is 9.18. The van der Waals surface area contributed by atoms with E-state index in [0.29, 0.717) is 25.6 Å². The summed E-state index contributed by atoms with van der Waals surface area (Å²) in [7, 11) is 0. The summed E-state index contributed by atoms with van der Waals surface area (Å²) >= 11 is 0. The second kappa shape index (κ2) is 9.48. The van der Waals surface area contributed by atoms with E-state index in [9.17, 15) is 4.79 Å². The molecule has 0 aromatic rings. The van der Waals surface area contributed by atoms with E-state index in [1.807, 2.05) is 0 Å². The standard InChI is InChI=1S/C6H13NO.C3H6O2/c8-5-6-1-3-7-4-2-6;1-2-5-3-4/h6-8H,1-5H2;3H,2H2,1H3. The number of nitrogens with one attached hydrogen (secondary N) is 1. The number of carbonyl (C=O) groups is 1. The first-order valence-electron chi connectivity index (χ1n) is 4.72. The van der Waals surface area contributed by atoms with E-state index in [2.05, 4.69) is 10.1 Å². The molecule has 1 rings (SSSR count). The van der Waals surface area contributed by atoms with Crippen LogP contribution >= 0.6 is 0 Å². The van der Waals surface area contributed by atoms with Gasteiger partial charge >= 0.3 is 0 Å². The SMILES string of the molecule is CCOC=O.OCC1CCNCC1. The monoisotopic (exact) mass is 189 g/mol. The average molecular weight is 189 g/mol. The lowest BCUT2D eigenvalue weighted by molar-refractivity contribution is -0.128. The van der Waals surface area contributed by atoms with Crippen LogP contribution in [0.15, 0.2) is 0 Å². The maximum Gasteiger partial charge on any atom is 0.293 e. The van der Waals surface area contributed by atoms with Crippen molar-refractivity contribution in [1.82, 2.24) is 5.32 Å². The third kappa shape index (κ3) is 7.74. The zero-order valence-corrected chi connectivity index (χ0v) is 8.16. The van der Waals surface area contributed by atoms with Crippen LogP contribution in [0.3, 0.4) is 0 Å². The normalized spacial score (nSPS) is 17.1. The van der Waals surface area contributed by atoms with Crippen molar-refractivity contribution in [2.24, 2.45) is 5.92 Å². The Balaban J connectivity index is 0.000000252. The summed E-state index contributed by atoms with van der Waals surface area (Å²) in [5.41, 5.74) is 0. The van der Waals surface area contributed by atoms with Gasteiger partial charge in [-0.2, -0.15) is 0 Å². The number of hydrogen-bond donors (Lipinski definition) is 2. The third-order valence-electron chi connectivity index (χ3n) is 1.95. The number of piperidine rings is 1. The van der Waals surface area contributed by atoms with Gasteiger partial charge in [0.2, 0.25) is 0 Å². The molecule has 0 spiro atoms. The molecule has 4 nitrogen and oxygen atoms in total. The molecule has 0 unspecified atom stereocenters. The van der Waals surface area contributed by atoms with Crippen LogP contribution in [0.4, 0.5) is 0 Å². The minimum Gasteiger partial charge on any atom is -0.468 e. The fourth-order valence-electron chi connectivity index (χ4n) is 1.13. The fraction of sp³-hybridized carbons (Fsp3) is 0.889. The summed E-state index contributed by atoms with van der Waals surface area (Å²) in [4.78, 5) is 9.18. The van der Waals surface area contributed by atoms with Crippen LogP contribution < -0.4 is 5.32 Å². The fourth-order valence-corrected chi connectivity index (χ4v) is 1.13. The van der Waals surface area contributed by atoms with Crippen molar-refractivity contribution in [1.29, 1.82) is 0 Å². The molecular formula is C9H19NO3. The third-order valence-corrected chi connectivity index (χ3v) is 1.95. The zero-order chi connectivity index (χ0) is 9.94. The Morgan fingerprint density at radius 3 is 2.38 bits per heavy atom. The van der Waals surface area contributed by atoms with Gasteiger partial charge < -0.3 is 15.2 Å². The Hall–Kier alpha value is -0.610. The molecule has 2 N–H and O–H groups in total. The quantitative estimate of drug-likeness (QED) is 0.621. The van der Waals surface area contributed by atoms with Crippen LogP contribution in [0.5, 0.6) is 0 Å². The Labute approximate surface area is 79.3 Å². The lowest BCUT2D eigenvalue weighted by atomic mass is 10.00. The Bertz CT molecular complexity index is 113. The predicted molar refractivity (Wildman–Crippen MR) is 50.4 cm³/mol. The first kappa shape index (κ1) is 12.4. The first-order valence-corrected chi connectivity index (χ1v) is 4.72. The van der Waals surface area contributed by atoms with E-state index in [1.165, 1.54) is 0 Å². The summed E-state index contributed by atoms with van der Waals surface area (Å²) in [6, 6.07) is 0. The van der Waals surface area contributed by atoms with Gasteiger partial charge in [-0.25, -0.2) is 0 Å². The summed E-state index contributed by atoms with van der Waals surface area (Å²) in [6.45, 7) is 5.22. The van der Waals surface area contributed by atoms with E-state index in [0.717, 1.165) is 25.9 Å². The molecule has 1 aliphatic rings. The topological polar surface area (TPSA) is 58.6 Å². The van der Waals surface area contributed by atoms with Gasteiger partial charge in [-0.3, -0.25) is 4.79 Å². The van der Waals surface area contributed by atoms with Gasteiger partial charge in [0, 0.05) is 6.61 Å². The van der Waals surface area contributed by atoms with E-state index in [-0.39, 0.29) is 0 Å². The van der Waals surface area contributed by atoms with Gasteiger partial charge in [0.1, 0.15) is 0 Å².